The summed E-state index contributed by atoms with van der Waals surface area (Å²) >= 11 is 0. The number of pyridine rings is 1. The van der Waals surface area contributed by atoms with Crippen LogP contribution in [-0.2, 0) is 0 Å². The maximum atomic E-state index is 12.5. The third-order valence-corrected chi connectivity index (χ3v) is 3.66. The number of piperidine rings is 1. The molecule has 2 aromatic heterocycles. The number of β-amino-alcohol motifs (C(OH)–C–C–N with tert-alkyl or cyclic N) is 1. The van der Waals surface area contributed by atoms with Crippen LogP contribution < -0.4 is 0 Å². The number of carbonyl (C=O) groups is 1. The zero-order valence-electron chi connectivity index (χ0n) is 10.9. The molecule has 0 radical (unpaired) electrons. The Morgan fingerprint density at radius 3 is 3.05 bits per heavy atom. The van der Waals surface area contributed by atoms with Crippen LogP contribution in [0.1, 0.15) is 29.0 Å². The molecule has 0 aromatic carbocycles. The Labute approximate surface area is 111 Å². The number of aromatic nitrogens is 2. The van der Waals surface area contributed by atoms with E-state index >= 15 is 0 Å². The van der Waals surface area contributed by atoms with Gasteiger partial charge in [0.05, 0.1) is 11.8 Å². The second-order valence-electron chi connectivity index (χ2n) is 5.02. The fraction of sp³-hybridized carbons (Fsp3) is 0.429. The Hall–Kier alpha value is -1.88. The molecule has 1 aliphatic rings. The number of hydrogen-bond donors (Lipinski definition) is 1. The van der Waals surface area contributed by atoms with E-state index in [1.54, 1.807) is 4.90 Å². The van der Waals surface area contributed by atoms with Crippen molar-refractivity contribution in [3.63, 3.8) is 0 Å². The van der Waals surface area contributed by atoms with Gasteiger partial charge in [0.15, 0.2) is 0 Å². The van der Waals surface area contributed by atoms with Gasteiger partial charge in [-0.2, -0.15) is 0 Å². The first-order chi connectivity index (χ1) is 9.16. The number of rotatable bonds is 1. The van der Waals surface area contributed by atoms with Crippen LogP contribution in [0.15, 0.2) is 24.4 Å². The molecular weight excluding hydrogens is 242 g/mol. The van der Waals surface area contributed by atoms with E-state index in [2.05, 4.69) is 4.98 Å². The van der Waals surface area contributed by atoms with Crippen LogP contribution in [0, 0.1) is 6.92 Å². The van der Waals surface area contributed by atoms with Gasteiger partial charge in [0.2, 0.25) is 0 Å². The number of aliphatic hydroxyl groups is 1. The van der Waals surface area contributed by atoms with E-state index in [1.165, 1.54) is 0 Å². The minimum absolute atomic E-state index is 0.0834. The topological polar surface area (TPSA) is 57.8 Å². The van der Waals surface area contributed by atoms with Gasteiger partial charge in [-0.25, -0.2) is 4.98 Å². The first-order valence-corrected chi connectivity index (χ1v) is 6.58. The zero-order valence-corrected chi connectivity index (χ0v) is 10.9. The third-order valence-electron chi connectivity index (χ3n) is 3.66. The van der Waals surface area contributed by atoms with Gasteiger partial charge in [0, 0.05) is 19.3 Å². The molecule has 3 heterocycles. The van der Waals surface area contributed by atoms with E-state index in [1.807, 2.05) is 35.7 Å². The fourth-order valence-corrected chi connectivity index (χ4v) is 2.61. The van der Waals surface area contributed by atoms with Crippen LogP contribution in [0.2, 0.25) is 0 Å². The van der Waals surface area contributed by atoms with Crippen LogP contribution in [0.3, 0.4) is 0 Å². The summed E-state index contributed by atoms with van der Waals surface area (Å²) in [4.78, 5) is 18.6. The highest BCUT2D eigenvalue weighted by Gasteiger charge is 2.26. The molecule has 1 aliphatic heterocycles. The molecule has 0 aliphatic carbocycles. The number of imidazole rings is 1. The summed E-state index contributed by atoms with van der Waals surface area (Å²) in [6.07, 6.45) is 3.11. The van der Waals surface area contributed by atoms with Crippen LogP contribution in [0.5, 0.6) is 0 Å². The summed E-state index contributed by atoms with van der Waals surface area (Å²) in [7, 11) is 0. The van der Waals surface area contributed by atoms with Crippen LogP contribution in [0.4, 0.5) is 0 Å². The van der Waals surface area contributed by atoms with Crippen molar-refractivity contribution in [2.75, 3.05) is 13.1 Å². The number of amides is 1. The number of aryl methyl sites for hydroxylation is 1. The van der Waals surface area contributed by atoms with Crippen LogP contribution >= 0.6 is 0 Å². The van der Waals surface area contributed by atoms with Crippen LogP contribution in [-0.4, -0.2) is 44.5 Å². The van der Waals surface area contributed by atoms with Gasteiger partial charge in [-0.3, -0.25) is 4.79 Å². The lowest BCUT2D eigenvalue weighted by Crippen LogP contribution is -2.42. The number of nitrogens with zero attached hydrogens (tertiary/aromatic N) is 3. The minimum atomic E-state index is -0.407. The second-order valence-corrected chi connectivity index (χ2v) is 5.02. The summed E-state index contributed by atoms with van der Waals surface area (Å²) in [6.45, 7) is 3.00. The molecule has 2 aromatic rings. The number of carbonyl (C=O) groups excluding carboxylic acids is 1. The lowest BCUT2D eigenvalue weighted by atomic mass is 10.1. The fourth-order valence-electron chi connectivity index (χ4n) is 2.61. The van der Waals surface area contributed by atoms with E-state index in [9.17, 15) is 9.90 Å². The van der Waals surface area contributed by atoms with Gasteiger partial charge in [-0.15, -0.1) is 0 Å². The molecule has 0 spiro atoms. The van der Waals surface area contributed by atoms with Crippen molar-refractivity contribution in [1.82, 2.24) is 14.3 Å². The maximum Gasteiger partial charge on any atom is 0.274 e. The Morgan fingerprint density at radius 1 is 1.47 bits per heavy atom. The average molecular weight is 259 g/mol. The quantitative estimate of drug-likeness (QED) is 0.838. The number of likely N-dealkylation sites (tertiary alicyclic amines) is 1. The highest BCUT2D eigenvalue weighted by molar-refractivity contribution is 5.94. The highest BCUT2D eigenvalue weighted by Crippen LogP contribution is 2.17. The van der Waals surface area contributed by atoms with Crippen molar-refractivity contribution in [3.05, 3.63) is 35.8 Å². The molecule has 5 nitrogen and oxygen atoms in total. The summed E-state index contributed by atoms with van der Waals surface area (Å²) in [6, 6.07) is 5.70. The van der Waals surface area contributed by atoms with Crippen molar-refractivity contribution in [2.24, 2.45) is 0 Å². The number of aliphatic hydroxyl groups excluding tert-OH is 1. The van der Waals surface area contributed by atoms with Crippen molar-refractivity contribution < 1.29 is 9.90 Å². The molecule has 0 bridgehead atoms. The van der Waals surface area contributed by atoms with Crippen molar-refractivity contribution in [3.8, 4) is 0 Å². The van der Waals surface area contributed by atoms with Gasteiger partial charge >= 0.3 is 0 Å². The molecule has 1 N–H and O–H groups in total. The normalized spacial score (nSPS) is 19.9. The highest BCUT2D eigenvalue weighted by atomic mass is 16.3. The van der Waals surface area contributed by atoms with Gasteiger partial charge < -0.3 is 14.4 Å². The standard InChI is InChI=1S/C14H17N3O2/c1-10-13(15-12-6-2-3-8-17(10)12)14(19)16-7-4-5-11(18)9-16/h2-3,6,8,11,18H,4-5,7,9H2,1H3/t11-/m0/s1. The zero-order chi connectivity index (χ0) is 13.4. The van der Waals surface area contributed by atoms with Gasteiger partial charge in [-0.05, 0) is 31.9 Å². The predicted molar refractivity (Wildman–Crippen MR) is 71.1 cm³/mol. The smallest absolute Gasteiger partial charge is 0.274 e. The summed E-state index contributed by atoms with van der Waals surface area (Å²) in [5.41, 5.74) is 2.11. The monoisotopic (exact) mass is 259 g/mol. The lowest BCUT2D eigenvalue weighted by Gasteiger charge is -2.29. The van der Waals surface area contributed by atoms with E-state index in [0.717, 1.165) is 24.2 Å². The molecule has 1 saturated heterocycles. The molecule has 0 unspecified atom stereocenters. The molecule has 100 valence electrons. The first kappa shape index (κ1) is 12.2. The van der Waals surface area contributed by atoms with E-state index < -0.39 is 6.10 Å². The molecule has 19 heavy (non-hydrogen) atoms. The summed E-state index contributed by atoms with van der Waals surface area (Å²) in [5.74, 6) is -0.0834. The van der Waals surface area contributed by atoms with Gasteiger partial charge in [0.25, 0.3) is 5.91 Å². The molecule has 1 atom stereocenters. The van der Waals surface area contributed by atoms with Gasteiger partial charge in [0.1, 0.15) is 11.3 Å². The Morgan fingerprint density at radius 2 is 2.32 bits per heavy atom. The molecule has 0 saturated carbocycles. The molecule has 1 fully saturated rings. The Bertz CT molecular complexity index is 620. The van der Waals surface area contributed by atoms with Crippen molar-refractivity contribution >= 4 is 11.6 Å². The lowest BCUT2D eigenvalue weighted by molar-refractivity contribution is 0.0469. The predicted octanol–water partition coefficient (Wildman–Crippen LogP) is 1.24. The third kappa shape index (κ3) is 2.10. The summed E-state index contributed by atoms with van der Waals surface area (Å²) in [5, 5.41) is 9.66. The van der Waals surface area contributed by atoms with Crippen LogP contribution in [0.25, 0.3) is 5.65 Å². The average Bonchev–Trinajstić information content (AvgIpc) is 2.76. The largest absolute Gasteiger partial charge is 0.391 e. The molecular formula is C14H17N3O2. The SMILES string of the molecule is Cc1c(C(=O)N2CCC[C@H](O)C2)nc2ccccn12. The first-order valence-electron chi connectivity index (χ1n) is 6.58. The molecule has 1 amide bonds. The van der Waals surface area contributed by atoms with E-state index in [0.29, 0.717) is 18.8 Å². The second kappa shape index (κ2) is 4.66. The summed E-state index contributed by atoms with van der Waals surface area (Å²) < 4.78 is 1.91. The van der Waals surface area contributed by atoms with E-state index in [4.69, 9.17) is 0 Å². The van der Waals surface area contributed by atoms with Crippen molar-refractivity contribution in [1.29, 1.82) is 0 Å². The Kier molecular flexibility index (Phi) is 2.98. The molecule has 3 rings (SSSR count). The van der Waals surface area contributed by atoms with Gasteiger partial charge in [-0.1, -0.05) is 6.07 Å². The Balaban J connectivity index is 1.95. The number of fused-ring (bicyclic) bond motifs is 1. The van der Waals surface area contributed by atoms with E-state index in [-0.39, 0.29) is 5.91 Å². The van der Waals surface area contributed by atoms with Crippen molar-refractivity contribution in [2.45, 2.75) is 25.9 Å². The maximum absolute atomic E-state index is 12.5. The molecule has 5 heteroatoms. The number of hydrogen-bond acceptors (Lipinski definition) is 3. The minimum Gasteiger partial charge on any atom is -0.391 e.